The fraction of sp³-hybridized carbons (Fsp3) is 0.381. The van der Waals surface area contributed by atoms with Gasteiger partial charge in [-0.1, -0.05) is 41.9 Å². The third-order valence-corrected chi connectivity index (χ3v) is 6.31. The topological polar surface area (TPSA) is 37.7 Å². The molecule has 5 nitrogen and oxygen atoms in total. The first-order valence-corrected chi connectivity index (χ1v) is 10.2. The summed E-state index contributed by atoms with van der Waals surface area (Å²) < 4.78 is 8.14. The van der Waals surface area contributed by atoms with E-state index in [9.17, 15) is 4.79 Å². The molecule has 0 spiro atoms. The highest BCUT2D eigenvalue weighted by Crippen LogP contribution is 2.22. The van der Waals surface area contributed by atoms with Crippen molar-refractivity contribution in [2.45, 2.75) is 13.1 Å². The van der Waals surface area contributed by atoms with Crippen LogP contribution in [0.4, 0.5) is 0 Å². The molecule has 4 rings (SSSR count). The largest absolute Gasteiger partial charge is 0.497 e. The van der Waals surface area contributed by atoms with Crippen LogP contribution < -0.4 is 10.3 Å². The average molecular weight is 384 g/mol. The summed E-state index contributed by atoms with van der Waals surface area (Å²) in [5.74, 6) is 0.735. The summed E-state index contributed by atoms with van der Waals surface area (Å²) >= 11 is 1.55. The highest BCUT2D eigenvalue weighted by atomic mass is 32.1. The summed E-state index contributed by atoms with van der Waals surface area (Å²) in [4.78, 5) is 17.6. The van der Waals surface area contributed by atoms with Crippen molar-refractivity contribution in [2.75, 3.05) is 39.8 Å². The fourth-order valence-corrected chi connectivity index (χ4v) is 4.53. The van der Waals surface area contributed by atoms with E-state index in [0.717, 1.165) is 61.6 Å². The predicted octanol–water partition coefficient (Wildman–Crippen LogP) is 2.89. The monoisotopic (exact) mass is 383 g/mol. The van der Waals surface area contributed by atoms with Crippen LogP contribution in [-0.2, 0) is 13.1 Å². The van der Waals surface area contributed by atoms with Gasteiger partial charge in [-0.2, -0.15) is 0 Å². The second-order valence-electron chi connectivity index (χ2n) is 6.96. The molecule has 0 radical (unpaired) electrons. The molecule has 1 aliphatic rings. The number of hydrogen-bond acceptors (Lipinski definition) is 5. The lowest BCUT2D eigenvalue weighted by Gasteiger charge is -2.34. The van der Waals surface area contributed by atoms with Gasteiger partial charge >= 0.3 is 0 Å². The highest BCUT2D eigenvalue weighted by molar-refractivity contribution is 7.13. The van der Waals surface area contributed by atoms with Crippen molar-refractivity contribution in [3.05, 3.63) is 64.4 Å². The molecule has 0 amide bonds. The Hall–Kier alpha value is -2.15. The quantitative estimate of drug-likeness (QED) is 0.656. The maximum atomic E-state index is 12.6. The zero-order chi connectivity index (χ0) is 18.6. The summed E-state index contributed by atoms with van der Waals surface area (Å²) in [7, 11) is 1.63. The number of rotatable bonds is 6. The number of benzene rings is 2. The summed E-state index contributed by atoms with van der Waals surface area (Å²) in [6, 6.07) is 16.4. The number of hydrogen-bond donors (Lipinski definition) is 0. The van der Waals surface area contributed by atoms with Crippen LogP contribution in [0.25, 0.3) is 10.1 Å². The van der Waals surface area contributed by atoms with Crippen molar-refractivity contribution in [2.24, 2.45) is 0 Å². The minimum absolute atomic E-state index is 0.0941. The van der Waals surface area contributed by atoms with Gasteiger partial charge < -0.3 is 4.74 Å². The van der Waals surface area contributed by atoms with E-state index >= 15 is 0 Å². The van der Waals surface area contributed by atoms with Crippen LogP contribution in [0.15, 0.2) is 53.3 Å². The van der Waals surface area contributed by atoms with Crippen molar-refractivity contribution in [3.63, 3.8) is 0 Å². The summed E-state index contributed by atoms with van der Waals surface area (Å²) in [5.41, 5.74) is 1.47. The van der Waals surface area contributed by atoms with Crippen molar-refractivity contribution >= 4 is 21.6 Å². The van der Waals surface area contributed by atoms with Gasteiger partial charge in [0.25, 0.3) is 5.56 Å². The molecular weight excluding hydrogens is 358 g/mol. The van der Waals surface area contributed by atoms with Crippen LogP contribution in [0, 0.1) is 0 Å². The van der Waals surface area contributed by atoms with Gasteiger partial charge in [-0.3, -0.25) is 18.6 Å². The van der Waals surface area contributed by atoms with Gasteiger partial charge in [0, 0.05) is 45.8 Å². The Morgan fingerprint density at radius 3 is 2.44 bits per heavy atom. The standard InChI is InChI=1S/C21H25N3O2S/c1-26-18-7-8-20-19(15-18)21(25)24(27-20)14-13-22-9-11-23(12-10-22)16-17-5-3-2-4-6-17/h2-8,15H,9-14,16H2,1H3. The molecule has 0 unspecified atom stereocenters. The molecule has 1 aromatic heterocycles. The minimum Gasteiger partial charge on any atom is -0.497 e. The van der Waals surface area contributed by atoms with Gasteiger partial charge in [0.1, 0.15) is 5.75 Å². The van der Waals surface area contributed by atoms with E-state index < -0.39 is 0 Å². The van der Waals surface area contributed by atoms with Crippen LogP contribution in [0.3, 0.4) is 0 Å². The predicted molar refractivity (Wildman–Crippen MR) is 111 cm³/mol. The number of methoxy groups -OCH3 is 1. The Kier molecular flexibility index (Phi) is 5.57. The van der Waals surface area contributed by atoms with E-state index in [0.29, 0.717) is 0 Å². The van der Waals surface area contributed by atoms with Crippen molar-refractivity contribution < 1.29 is 4.74 Å². The van der Waals surface area contributed by atoms with Crippen molar-refractivity contribution in [3.8, 4) is 5.75 Å². The van der Waals surface area contributed by atoms with E-state index in [1.165, 1.54) is 5.56 Å². The lowest BCUT2D eigenvalue weighted by molar-refractivity contribution is 0.124. The van der Waals surface area contributed by atoms with Crippen LogP contribution in [-0.4, -0.2) is 53.6 Å². The SMILES string of the molecule is COc1ccc2sn(CCN3CCN(Cc4ccccc4)CC3)c(=O)c2c1. The Morgan fingerprint density at radius 2 is 1.70 bits per heavy atom. The van der Waals surface area contributed by atoms with Crippen LogP contribution in [0.5, 0.6) is 5.75 Å². The third kappa shape index (κ3) is 4.24. The zero-order valence-electron chi connectivity index (χ0n) is 15.6. The fourth-order valence-electron chi connectivity index (χ4n) is 3.57. The first-order valence-electron chi connectivity index (χ1n) is 9.39. The van der Waals surface area contributed by atoms with Gasteiger partial charge in [0.05, 0.1) is 17.2 Å². The lowest BCUT2D eigenvalue weighted by Crippen LogP contribution is -2.46. The molecule has 0 aliphatic carbocycles. The van der Waals surface area contributed by atoms with Crippen LogP contribution in [0.1, 0.15) is 5.56 Å². The van der Waals surface area contributed by atoms with Gasteiger partial charge in [0.15, 0.2) is 0 Å². The van der Waals surface area contributed by atoms with Gasteiger partial charge in [-0.25, -0.2) is 0 Å². The molecular formula is C21H25N3O2S. The molecule has 27 heavy (non-hydrogen) atoms. The minimum atomic E-state index is 0.0941. The second-order valence-corrected chi connectivity index (χ2v) is 8.03. The third-order valence-electron chi connectivity index (χ3n) is 5.19. The molecule has 6 heteroatoms. The Bertz CT molecular complexity index is 943. The number of aromatic nitrogens is 1. The smallest absolute Gasteiger partial charge is 0.268 e. The Balaban J connectivity index is 1.32. The summed E-state index contributed by atoms with van der Waals surface area (Å²) in [6.07, 6.45) is 0. The normalized spacial score (nSPS) is 16.0. The van der Waals surface area contributed by atoms with Gasteiger partial charge in [-0.15, -0.1) is 0 Å². The van der Waals surface area contributed by atoms with E-state index in [1.807, 2.05) is 22.2 Å². The molecule has 2 heterocycles. The van der Waals surface area contributed by atoms with E-state index in [4.69, 9.17) is 4.74 Å². The maximum absolute atomic E-state index is 12.6. The molecule has 0 bridgehead atoms. The Morgan fingerprint density at radius 1 is 0.963 bits per heavy atom. The summed E-state index contributed by atoms with van der Waals surface area (Å²) in [5, 5.41) is 0.757. The lowest BCUT2D eigenvalue weighted by atomic mass is 10.2. The first-order chi connectivity index (χ1) is 13.2. The number of piperazine rings is 1. The summed E-state index contributed by atoms with van der Waals surface area (Å²) in [6.45, 7) is 6.95. The number of ether oxygens (including phenoxy) is 1. The van der Waals surface area contributed by atoms with Gasteiger partial charge in [0.2, 0.25) is 0 Å². The molecule has 1 aliphatic heterocycles. The first kappa shape index (κ1) is 18.2. The molecule has 3 aromatic rings. The molecule has 1 fully saturated rings. The van der Waals surface area contributed by atoms with E-state index in [2.05, 4.69) is 40.1 Å². The maximum Gasteiger partial charge on any atom is 0.268 e. The molecule has 142 valence electrons. The van der Waals surface area contributed by atoms with Crippen LogP contribution >= 0.6 is 11.5 Å². The highest BCUT2D eigenvalue weighted by Gasteiger charge is 2.17. The van der Waals surface area contributed by atoms with Crippen molar-refractivity contribution in [1.29, 1.82) is 0 Å². The van der Waals surface area contributed by atoms with Gasteiger partial charge in [-0.05, 0) is 23.8 Å². The second kappa shape index (κ2) is 8.25. The molecule has 2 aromatic carbocycles. The van der Waals surface area contributed by atoms with E-state index in [1.54, 1.807) is 18.6 Å². The molecule has 0 atom stereocenters. The molecule has 1 saturated heterocycles. The average Bonchev–Trinajstić information content (AvgIpc) is 3.03. The Labute approximate surface area is 163 Å². The number of fused-ring (bicyclic) bond motifs is 1. The van der Waals surface area contributed by atoms with E-state index in [-0.39, 0.29) is 5.56 Å². The molecule has 0 N–H and O–H groups in total. The number of nitrogens with zero attached hydrogens (tertiary/aromatic N) is 3. The van der Waals surface area contributed by atoms with Crippen molar-refractivity contribution in [1.82, 2.24) is 13.8 Å². The zero-order valence-corrected chi connectivity index (χ0v) is 16.5. The molecule has 0 saturated carbocycles. The van der Waals surface area contributed by atoms with Crippen LogP contribution in [0.2, 0.25) is 0 Å².